The van der Waals surface area contributed by atoms with Crippen molar-refractivity contribution in [3.8, 4) is 6.07 Å². The number of ether oxygens (including phenoxy) is 2. The summed E-state index contributed by atoms with van der Waals surface area (Å²) in [6.45, 7) is 2.13. The number of methoxy groups -OCH3 is 1. The molecule has 1 fully saturated rings. The van der Waals surface area contributed by atoms with Crippen LogP contribution in [-0.4, -0.2) is 61.8 Å². The average molecular weight is 415 g/mol. The monoisotopic (exact) mass is 415 g/mol. The number of thioether (sulfide) groups is 1. The molecule has 1 aromatic carbocycles. The average Bonchev–Trinajstić information content (AvgIpc) is 2.77. The van der Waals surface area contributed by atoms with Crippen molar-refractivity contribution >= 4 is 29.5 Å². The predicted molar refractivity (Wildman–Crippen MR) is 106 cm³/mol. The van der Waals surface area contributed by atoms with Crippen LogP contribution in [0.1, 0.15) is 28.3 Å². The fourth-order valence-corrected chi connectivity index (χ4v) is 4.20. The number of allylic oxidation sites excluding steroid dienone is 1. The Bertz CT molecular complexity index is 869. The summed E-state index contributed by atoms with van der Waals surface area (Å²) in [6.07, 6.45) is 0.127. The molecule has 1 N–H and O–H groups in total. The minimum Gasteiger partial charge on any atom is -0.465 e. The van der Waals surface area contributed by atoms with E-state index in [1.54, 1.807) is 29.2 Å². The molecule has 0 aliphatic carbocycles. The summed E-state index contributed by atoms with van der Waals surface area (Å²) in [5.41, 5.74) is 1.56. The van der Waals surface area contributed by atoms with Gasteiger partial charge in [-0.25, -0.2) is 4.79 Å². The number of esters is 1. The van der Waals surface area contributed by atoms with Crippen molar-refractivity contribution in [1.29, 1.82) is 5.26 Å². The van der Waals surface area contributed by atoms with Crippen LogP contribution < -0.4 is 5.32 Å². The van der Waals surface area contributed by atoms with Crippen molar-refractivity contribution in [3.05, 3.63) is 46.0 Å². The van der Waals surface area contributed by atoms with E-state index in [2.05, 4.69) is 11.4 Å². The topological polar surface area (TPSA) is 109 Å². The molecule has 29 heavy (non-hydrogen) atoms. The van der Waals surface area contributed by atoms with Gasteiger partial charge in [0.15, 0.2) is 0 Å². The molecule has 2 amide bonds. The van der Waals surface area contributed by atoms with Gasteiger partial charge in [-0.1, -0.05) is 23.9 Å². The summed E-state index contributed by atoms with van der Waals surface area (Å²) >= 11 is 1.16. The van der Waals surface area contributed by atoms with Crippen LogP contribution in [0.2, 0.25) is 0 Å². The Morgan fingerprint density at radius 3 is 2.62 bits per heavy atom. The highest BCUT2D eigenvalue weighted by Gasteiger charge is 2.30. The molecule has 0 bridgehead atoms. The molecule has 0 radical (unpaired) electrons. The molecular formula is C20H21N3O5S. The van der Waals surface area contributed by atoms with Crippen LogP contribution in [0.4, 0.5) is 0 Å². The summed E-state index contributed by atoms with van der Waals surface area (Å²) < 4.78 is 9.94. The van der Waals surface area contributed by atoms with Gasteiger partial charge in [0.1, 0.15) is 0 Å². The fraction of sp³-hybridized carbons (Fsp3) is 0.400. The number of carbonyl (C=O) groups is 3. The minimum atomic E-state index is -0.452. The summed E-state index contributed by atoms with van der Waals surface area (Å²) in [5.74, 6) is -1.02. The Kier molecular flexibility index (Phi) is 6.90. The second kappa shape index (κ2) is 9.58. The standard InChI is InChI=1S/C20H21N3O5S/c1-27-20(26)14-4-2-13(3-5-14)15-10-17(24)22-19(16(15)11-21)29-12-18(25)23-6-8-28-9-7-23/h2-5,15H,6-10,12H2,1H3,(H,22,24)/t15-/m1/s1. The first-order chi connectivity index (χ1) is 14.0. The predicted octanol–water partition coefficient (Wildman–Crippen LogP) is 1.40. The van der Waals surface area contributed by atoms with Gasteiger partial charge in [0.05, 0.1) is 48.3 Å². The SMILES string of the molecule is COC(=O)c1ccc([C@H]2CC(=O)NC(SCC(=O)N3CCOCC3)=C2C#N)cc1. The van der Waals surface area contributed by atoms with Gasteiger partial charge in [0.2, 0.25) is 11.8 Å². The molecule has 0 unspecified atom stereocenters. The molecule has 1 saturated heterocycles. The van der Waals surface area contributed by atoms with Gasteiger partial charge in [0.25, 0.3) is 0 Å². The van der Waals surface area contributed by atoms with E-state index >= 15 is 0 Å². The van der Waals surface area contributed by atoms with Crippen LogP contribution in [0.5, 0.6) is 0 Å². The number of rotatable bonds is 5. The van der Waals surface area contributed by atoms with Crippen molar-refractivity contribution in [2.75, 3.05) is 39.2 Å². The smallest absolute Gasteiger partial charge is 0.337 e. The Labute approximate surface area is 172 Å². The third kappa shape index (κ3) is 4.96. The second-order valence-electron chi connectivity index (χ2n) is 6.55. The zero-order valence-corrected chi connectivity index (χ0v) is 16.8. The number of nitriles is 1. The number of nitrogens with zero attached hydrogens (tertiary/aromatic N) is 2. The molecule has 9 heteroatoms. The zero-order valence-electron chi connectivity index (χ0n) is 16.0. The van der Waals surface area contributed by atoms with E-state index in [4.69, 9.17) is 9.47 Å². The maximum absolute atomic E-state index is 12.4. The molecule has 2 heterocycles. The van der Waals surface area contributed by atoms with Gasteiger partial charge in [0, 0.05) is 25.4 Å². The number of nitrogens with one attached hydrogen (secondary N) is 1. The number of hydrogen-bond acceptors (Lipinski definition) is 7. The van der Waals surface area contributed by atoms with Gasteiger partial charge in [-0.05, 0) is 17.7 Å². The first kappa shape index (κ1) is 20.9. The van der Waals surface area contributed by atoms with Crippen molar-refractivity contribution in [2.45, 2.75) is 12.3 Å². The summed E-state index contributed by atoms with van der Waals surface area (Å²) in [4.78, 5) is 37.9. The maximum atomic E-state index is 12.4. The lowest BCUT2D eigenvalue weighted by molar-refractivity contribution is -0.132. The fourth-order valence-electron chi connectivity index (χ4n) is 3.23. The molecule has 0 aromatic heterocycles. The van der Waals surface area contributed by atoms with Crippen LogP contribution in [-0.2, 0) is 19.1 Å². The normalized spacial score (nSPS) is 19.4. The van der Waals surface area contributed by atoms with E-state index in [1.165, 1.54) is 7.11 Å². The lowest BCUT2D eigenvalue weighted by Crippen LogP contribution is -2.42. The van der Waals surface area contributed by atoms with E-state index in [0.717, 1.165) is 17.3 Å². The Balaban J connectivity index is 1.77. The summed E-state index contributed by atoms with van der Waals surface area (Å²) in [6, 6.07) is 8.83. The Morgan fingerprint density at radius 1 is 1.31 bits per heavy atom. The third-order valence-electron chi connectivity index (χ3n) is 4.79. The maximum Gasteiger partial charge on any atom is 0.337 e. The van der Waals surface area contributed by atoms with Crippen molar-refractivity contribution in [1.82, 2.24) is 10.2 Å². The lowest BCUT2D eigenvalue weighted by atomic mass is 9.87. The van der Waals surface area contributed by atoms with Crippen LogP contribution >= 0.6 is 11.8 Å². The first-order valence-electron chi connectivity index (χ1n) is 9.14. The van der Waals surface area contributed by atoms with Crippen LogP contribution in [0, 0.1) is 11.3 Å². The molecule has 0 saturated carbocycles. The molecule has 8 nitrogen and oxygen atoms in total. The zero-order chi connectivity index (χ0) is 20.8. The molecule has 0 spiro atoms. The third-order valence-corrected chi connectivity index (χ3v) is 5.80. The number of hydrogen-bond donors (Lipinski definition) is 1. The number of amides is 2. The molecule has 2 aliphatic rings. The van der Waals surface area contributed by atoms with E-state index < -0.39 is 11.9 Å². The summed E-state index contributed by atoms with van der Waals surface area (Å²) in [5, 5.41) is 12.9. The van der Waals surface area contributed by atoms with E-state index in [-0.39, 0.29) is 24.0 Å². The van der Waals surface area contributed by atoms with Crippen molar-refractivity contribution in [2.24, 2.45) is 0 Å². The van der Waals surface area contributed by atoms with Crippen molar-refractivity contribution in [3.63, 3.8) is 0 Å². The largest absolute Gasteiger partial charge is 0.465 e. The van der Waals surface area contributed by atoms with Crippen LogP contribution in [0.25, 0.3) is 0 Å². The highest BCUT2D eigenvalue weighted by molar-refractivity contribution is 8.03. The number of morpholine rings is 1. The van der Waals surface area contributed by atoms with E-state index in [9.17, 15) is 19.6 Å². The Hall–Kier alpha value is -2.83. The first-order valence-corrected chi connectivity index (χ1v) is 10.1. The number of carbonyl (C=O) groups excluding carboxylic acids is 3. The van der Waals surface area contributed by atoms with E-state index in [0.29, 0.717) is 42.5 Å². The van der Waals surface area contributed by atoms with Crippen molar-refractivity contribution < 1.29 is 23.9 Å². The molecular weight excluding hydrogens is 394 g/mol. The lowest BCUT2D eigenvalue weighted by Gasteiger charge is -2.28. The van der Waals surface area contributed by atoms with Crippen LogP contribution in [0.3, 0.4) is 0 Å². The highest BCUT2D eigenvalue weighted by Crippen LogP contribution is 2.36. The van der Waals surface area contributed by atoms with Gasteiger partial charge in [-0.3, -0.25) is 9.59 Å². The number of benzene rings is 1. The minimum absolute atomic E-state index is 0.0538. The molecule has 1 atom stereocenters. The molecule has 1 aromatic rings. The van der Waals surface area contributed by atoms with E-state index in [1.807, 2.05) is 0 Å². The molecule has 3 rings (SSSR count). The molecule has 152 valence electrons. The van der Waals surface area contributed by atoms with Gasteiger partial charge in [-0.15, -0.1) is 0 Å². The van der Waals surface area contributed by atoms with Gasteiger partial charge in [-0.2, -0.15) is 5.26 Å². The van der Waals surface area contributed by atoms with Gasteiger partial charge < -0.3 is 19.7 Å². The molecule has 2 aliphatic heterocycles. The van der Waals surface area contributed by atoms with Gasteiger partial charge >= 0.3 is 5.97 Å². The second-order valence-corrected chi connectivity index (χ2v) is 7.54. The Morgan fingerprint density at radius 2 is 2.00 bits per heavy atom. The van der Waals surface area contributed by atoms with Crippen LogP contribution in [0.15, 0.2) is 34.9 Å². The highest BCUT2D eigenvalue weighted by atomic mass is 32.2. The quantitative estimate of drug-likeness (QED) is 0.724. The summed E-state index contributed by atoms with van der Waals surface area (Å²) in [7, 11) is 1.31.